The Morgan fingerprint density at radius 2 is 1.73 bits per heavy atom. The fraction of sp³-hybridized carbons (Fsp3) is 0.875. The van der Waals surface area contributed by atoms with E-state index in [-0.39, 0.29) is 5.91 Å². The van der Waals surface area contributed by atoms with Gasteiger partial charge in [0.05, 0.1) is 0 Å². The molecule has 0 unspecified atom stereocenters. The van der Waals surface area contributed by atoms with Gasteiger partial charge in [0.2, 0.25) is 0 Å². The Kier molecular flexibility index (Phi) is 4.17. The van der Waals surface area contributed by atoms with Crippen molar-refractivity contribution in [3.63, 3.8) is 0 Å². The van der Waals surface area contributed by atoms with Gasteiger partial charge in [-0.05, 0) is 0 Å². The Hall–Kier alpha value is 0.184. The minimum absolute atomic E-state index is 0.243. The Morgan fingerprint density at radius 3 is 2.18 bits per heavy atom. The molecule has 2 nitrogen and oxygen atoms in total. The predicted octanol–water partition coefficient (Wildman–Crippen LogP) is 1.53. The van der Waals surface area contributed by atoms with Crippen LogP contribution in [0.1, 0.15) is 38.5 Å². The zero-order chi connectivity index (χ0) is 8.10. The monoisotopic (exact) mass is 188 g/mol. The molecule has 1 aliphatic carbocycles. The van der Waals surface area contributed by atoms with Gasteiger partial charge in [-0.15, -0.1) is 0 Å². The molecular formula is C8H14NOTi. The molecule has 0 spiro atoms. The van der Waals surface area contributed by atoms with Crippen molar-refractivity contribution in [3.8, 4) is 0 Å². The van der Waals surface area contributed by atoms with Gasteiger partial charge in [0, 0.05) is 0 Å². The molecule has 0 aliphatic heterocycles. The molecule has 1 fully saturated rings. The van der Waals surface area contributed by atoms with Crippen molar-refractivity contribution >= 4 is 5.91 Å². The fourth-order valence-electron chi connectivity index (χ4n) is 1.64. The molecule has 1 aliphatic rings. The van der Waals surface area contributed by atoms with E-state index in [1.54, 1.807) is 20.7 Å². The van der Waals surface area contributed by atoms with Crippen molar-refractivity contribution in [2.75, 3.05) is 0 Å². The fourth-order valence-corrected chi connectivity index (χ4v) is 1.96. The van der Waals surface area contributed by atoms with Crippen LogP contribution in [0.3, 0.4) is 0 Å². The summed E-state index contributed by atoms with van der Waals surface area (Å²) in [7, 11) is 0. The van der Waals surface area contributed by atoms with Crippen molar-refractivity contribution in [2.24, 2.45) is 5.92 Å². The van der Waals surface area contributed by atoms with Crippen LogP contribution in [0.25, 0.3) is 0 Å². The first-order valence-corrected chi connectivity index (χ1v) is 5.09. The van der Waals surface area contributed by atoms with Crippen molar-refractivity contribution in [2.45, 2.75) is 38.5 Å². The van der Waals surface area contributed by atoms with E-state index in [1.807, 2.05) is 0 Å². The van der Waals surface area contributed by atoms with Crippen LogP contribution in [0.5, 0.6) is 0 Å². The van der Waals surface area contributed by atoms with Crippen LogP contribution in [-0.2, 0) is 25.5 Å². The summed E-state index contributed by atoms with van der Waals surface area (Å²) in [6.45, 7) is 0. The second kappa shape index (κ2) is 4.94. The summed E-state index contributed by atoms with van der Waals surface area (Å²) < 4.78 is 2.72. The first-order valence-electron chi connectivity index (χ1n) is 4.31. The van der Waals surface area contributed by atoms with E-state index in [2.05, 4.69) is 3.80 Å². The van der Waals surface area contributed by atoms with Gasteiger partial charge < -0.3 is 0 Å². The van der Waals surface area contributed by atoms with E-state index in [1.165, 1.54) is 25.7 Å². The third kappa shape index (κ3) is 2.96. The number of nitrogens with one attached hydrogen (secondary N) is 1. The maximum absolute atomic E-state index is 11.2. The van der Waals surface area contributed by atoms with Crippen LogP contribution in [0.4, 0.5) is 0 Å². The van der Waals surface area contributed by atoms with Crippen LogP contribution in [0.2, 0.25) is 0 Å². The summed E-state index contributed by atoms with van der Waals surface area (Å²) >= 11 is 1.73. The van der Waals surface area contributed by atoms with Gasteiger partial charge in [0.25, 0.3) is 0 Å². The number of hydrogen-bond acceptors (Lipinski definition) is 1. The summed E-state index contributed by atoms with van der Waals surface area (Å²) in [5.41, 5.74) is 0. The summed E-state index contributed by atoms with van der Waals surface area (Å²) in [6.07, 6.45) is 7.29. The normalized spacial score (nSPS) is 20.6. The van der Waals surface area contributed by atoms with Crippen molar-refractivity contribution < 1.29 is 25.5 Å². The molecule has 1 saturated carbocycles. The summed E-state index contributed by atoms with van der Waals surface area (Å²) in [4.78, 5) is 11.2. The SMILES string of the molecule is O=C([NH][Ti])C1CCCCCC1. The number of hydrogen-bond donors (Lipinski definition) is 1. The summed E-state index contributed by atoms with van der Waals surface area (Å²) in [5.74, 6) is 0.550. The van der Waals surface area contributed by atoms with Gasteiger partial charge in [-0.25, -0.2) is 0 Å². The van der Waals surface area contributed by atoms with E-state index in [4.69, 9.17) is 0 Å². The molecule has 1 amide bonds. The molecule has 3 heteroatoms. The summed E-state index contributed by atoms with van der Waals surface area (Å²) in [5, 5.41) is 0. The van der Waals surface area contributed by atoms with Crippen molar-refractivity contribution in [1.82, 2.24) is 3.80 Å². The van der Waals surface area contributed by atoms with Crippen LogP contribution >= 0.6 is 0 Å². The standard InChI is InChI=1S/C8H15NO.Ti/c9-8(10)7-5-3-1-2-4-6-7;/h7H,1-6H2,(H2,9,10);/q;+1/p-1. The van der Waals surface area contributed by atoms with Crippen molar-refractivity contribution in [3.05, 3.63) is 0 Å². The molecule has 0 aromatic heterocycles. The molecule has 0 aromatic carbocycles. The quantitative estimate of drug-likeness (QED) is 0.490. The average Bonchev–Trinajstić information content (AvgIpc) is 2.30. The second-order valence-corrected chi connectivity index (χ2v) is 3.57. The van der Waals surface area contributed by atoms with E-state index < -0.39 is 0 Å². The van der Waals surface area contributed by atoms with E-state index in [0.717, 1.165) is 12.8 Å². The molecular weight excluding hydrogens is 174 g/mol. The number of carbonyl (C=O) groups excluding carboxylic acids is 1. The van der Waals surface area contributed by atoms with E-state index >= 15 is 0 Å². The third-order valence-electron chi connectivity index (χ3n) is 2.35. The molecule has 0 heterocycles. The van der Waals surface area contributed by atoms with E-state index in [0.29, 0.717) is 5.92 Å². The molecule has 11 heavy (non-hydrogen) atoms. The number of amides is 1. The number of carbonyl (C=O) groups is 1. The average molecular weight is 188 g/mol. The van der Waals surface area contributed by atoms with E-state index in [9.17, 15) is 4.79 Å². The van der Waals surface area contributed by atoms with Gasteiger partial charge in [0.1, 0.15) is 0 Å². The van der Waals surface area contributed by atoms with Crippen molar-refractivity contribution in [1.29, 1.82) is 0 Å². The Balaban J connectivity index is 2.36. The minimum atomic E-state index is 0.243. The van der Waals surface area contributed by atoms with Gasteiger partial charge in [-0.2, -0.15) is 0 Å². The first kappa shape index (κ1) is 9.27. The molecule has 61 valence electrons. The van der Waals surface area contributed by atoms with Crippen LogP contribution < -0.4 is 3.80 Å². The summed E-state index contributed by atoms with van der Waals surface area (Å²) in [6, 6.07) is 0. The zero-order valence-corrected chi connectivity index (χ0v) is 8.29. The molecule has 0 radical (unpaired) electrons. The molecule has 0 atom stereocenters. The predicted molar refractivity (Wildman–Crippen MR) is 39.3 cm³/mol. The van der Waals surface area contributed by atoms with Crippen LogP contribution in [0.15, 0.2) is 0 Å². The van der Waals surface area contributed by atoms with Gasteiger partial charge in [0.15, 0.2) is 0 Å². The molecule has 0 aromatic rings. The maximum atomic E-state index is 11.2. The second-order valence-electron chi connectivity index (χ2n) is 3.18. The van der Waals surface area contributed by atoms with Crippen LogP contribution in [0, 0.1) is 5.92 Å². The molecule has 1 rings (SSSR count). The number of rotatable bonds is 1. The van der Waals surface area contributed by atoms with Gasteiger partial charge in [-0.1, -0.05) is 0 Å². The van der Waals surface area contributed by atoms with Gasteiger partial charge >= 0.3 is 79.6 Å². The zero-order valence-electron chi connectivity index (χ0n) is 6.73. The molecule has 0 bridgehead atoms. The van der Waals surface area contributed by atoms with Gasteiger partial charge in [-0.3, -0.25) is 0 Å². The molecule has 0 saturated heterocycles. The molecule has 1 N–H and O–H groups in total. The topological polar surface area (TPSA) is 29.1 Å². The first-order chi connectivity index (χ1) is 5.34. The van der Waals surface area contributed by atoms with Crippen LogP contribution in [-0.4, -0.2) is 5.91 Å². The Labute approximate surface area is 79.8 Å². The Bertz CT molecular complexity index is 130. The third-order valence-corrected chi connectivity index (χ3v) is 2.73. The Morgan fingerprint density at radius 1 is 1.18 bits per heavy atom.